The highest BCUT2D eigenvalue weighted by atomic mass is 16.5. The average molecular weight is 251 g/mol. The Labute approximate surface area is 110 Å². The Balaban J connectivity index is 2.87. The van der Waals surface area contributed by atoms with Gasteiger partial charge in [-0.15, -0.1) is 0 Å². The van der Waals surface area contributed by atoms with Gasteiger partial charge in [-0.2, -0.15) is 0 Å². The summed E-state index contributed by atoms with van der Waals surface area (Å²) >= 11 is 0. The molecule has 4 nitrogen and oxygen atoms in total. The van der Waals surface area contributed by atoms with Gasteiger partial charge in [-0.05, 0) is 32.5 Å². The number of methoxy groups -OCH3 is 1. The Hall–Kier alpha value is -0.970. The monoisotopic (exact) mass is 251 g/mol. The van der Waals surface area contributed by atoms with Crippen molar-refractivity contribution in [3.05, 3.63) is 30.1 Å². The molecule has 0 aliphatic heterocycles. The lowest BCUT2D eigenvalue weighted by molar-refractivity contribution is -0.0335. The van der Waals surface area contributed by atoms with Crippen molar-refractivity contribution in [2.75, 3.05) is 20.2 Å². The van der Waals surface area contributed by atoms with Crippen LogP contribution in [0.1, 0.15) is 26.5 Å². The molecule has 18 heavy (non-hydrogen) atoms. The van der Waals surface area contributed by atoms with E-state index in [2.05, 4.69) is 30.7 Å². The second kappa shape index (κ2) is 6.83. The second-order valence-electron chi connectivity index (χ2n) is 4.77. The number of hydrogen-bond donors (Lipinski definition) is 1. The minimum absolute atomic E-state index is 0.0752. The van der Waals surface area contributed by atoms with Gasteiger partial charge in [0.1, 0.15) is 0 Å². The first kappa shape index (κ1) is 15.1. The van der Waals surface area contributed by atoms with Crippen LogP contribution >= 0.6 is 0 Å². The van der Waals surface area contributed by atoms with Gasteiger partial charge in [-0.25, -0.2) is 0 Å². The molecule has 0 aliphatic carbocycles. The zero-order valence-electron chi connectivity index (χ0n) is 11.9. The molecule has 0 bridgehead atoms. The number of ether oxygens (including phenoxy) is 1. The van der Waals surface area contributed by atoms with E-state index < -0.39 is 0 Å². The molecule has 0 saturated heterocycles. The summed E-state index contributed by atoms with van der Waals surface area (Å²) in [6, 6.07) is 5.98. The first-order chi connectivity index (χ1) is 8.58. The SMILES string of the molecule is CCN(Cc1ccccn1)C(C)(CN)C(C)OC. The van der Waals surface area contributed by atoms with Gasteiger partial charge in [-0.3, -0.25) is 9.88 Å². The van der Waals surface area contributed by atoms with Crippen LogP contribution < -0.4 is 5.73 Å². The van der Waals surface area contributed by atoms with Crippen molar-refractivity contribution in [2.24, 2.45) is 5.73 Å². The molecule has 2 unspecified atom stereocenters. The van der Waals surface area contributed by atoms with Crippen molar-refractivity contribution in [3.63, 3.8) is 0 Å². The highest BCUT2D eigenvalue weighted by molar-refractivity contribution is 5.05. The molecule has 1 heterocycles. The summed E-state index contributed by atoms with van der Waals surface area (Å²) in [7, 11) is 1.73. The van der Waals surface area contributed by atoms with Crippen molar-refractivity contribution < 1.29 is 4.74 Å². The molecule has 0 spiro atoms. The van der Waals surface area contributed by atoms with Crippen molar-refractivity contribution in [1.29, 1.82) is 0 Å². The average Bonchev–Trinajstić information content (AvgIpc) is 2.44. The number of nitrogens with two attached hydrogens (primary N) is 1. The molecule has 0 fully saturated rings. The first-order valence-electron chi connectivity index (χ1n) is 6.46. The second-order valence-corrected chi connectivity index (χ2v) is 4.77. The Morgan fingerprint density at radius 1 is 1.50 bits per heavy atom. The van der Waals surface area contributed by atoms with E-state index in [4.69, 9.17) is 10.5 Å². The minimum atomic E-state index is -0.180. The molecule has 2 atom stereocenters. The van der Waals surface area contributed by atoms with Crippen LogP contribution in [0.2, 0.25) is 0 Å². The van der Waals surface area contributed by atoms with E-state index >= 15 is 0 Å². The summed E-state index contributed by atoms with van der Waals surface area (Å²) < 4.78 is 5.48. The summed E-state index contributed by atoms with van der Waals surface area (Å²) in [4.78, 5) is 6.70. The van der Waals surface area contributed by atoms with Crippen molar-refractivity contribution in [3.8, 4) is 0 Å². The molecule has 0 aromatic carbocycles. The Morgan fingerprint density at radius 2 is 2.22 bits per heavy atom. The maximum absolute atomic E-state index is 5.97. The number of likely N-dealkylation sites (N-methyl/N-ethyl adjacent to an activating group) is 1. The predicted molar refractivity (Wildman–Crippen MR) is 74.3 cm³/mol. The lowest BCUT2D eigenvalue weighted by Gasteiger charge is -2.43. The molecule has 0 radical (unpaired) electrons. The third-order valence-corrected chi connectivity index (χ3v) is 3.83. The van der Waals surface area contributed by atoms with Gasteiger partial charge >= 0.3 is 0 Å². The van der Waals surface area contributed by atoms with Crippen LogP contribution in [0.25, 0.3) is 0 Å². The van der Waals surface area contributed by atoms with Crippen LogP contribution in [-0.4, -0.2) is 41.7 Å². The van der Waals surface area contributed by atoms with E-state index in [1.54, 1.807) is 7.11 Å². The summed E-state index contributed by atoms with van der Waals surface area (Å²) in [5, 5.41) is 0. The summed E-state index contributed by atoms with van der Waals surface area (Å²) in [5.74, 6) is 0. The van der Waals surface area contributed by atoms with Crippen molar-refractivity contribution in [2.45, 2.75) is 39.0 Å². The molecule has 1 aromatic heterocycles. The maximum atomic E-state index is 5.97. The summed E-state index contributed by atoms with van der Waals surface area (Å²) in [6.07, 6.45) is 1.90. The van der Waals surface area contributed by atoms with Gasteiger partial charge in [0.2, 0.25) is 0 Å². The smallest absolute Gasteiger partial charge is 0.0736 e. The molecule has 0 amide bonds. The highest BCUT2D eigenvalue weighted by Crippen LogP contribution is 2.22. The van der Waals surface area contributed by atoms with Gasteiger partial charge in [-0.1, -0.05) is 13.0 Å². The molecule has 1 rings (SSSR count). The number of pyridine rings is 1. The largest absolute Gasteiger partial charge is 0.380 e. The molecule has 102 valence electrons. The standard InChI is InChI=1S/C14H25N3O/c1-5-17(10-13-8-6-7-9-16-13)14(3,11-15)12(2)18-4/h6-9,12H,5,10-11,15H2,1-4H3. The van der Waals surface area contributed by atoms with Crippen LogP contribution in [0.15, 0.2) is 24.4 Å². The summed E-state index contributed by atoms with van der Waals surface area (Å²) in [6.45, 7) is 8.61. The van der Waals surface area contributed by atoms with Crippen LogP contribution in [0.3, 0.4) is 0 Å². The third-order valence-electron chi connectivity index (χ3n) is 3.83. The number of rotatable bonds is 7. The molecule has 1 aromatic rings. The molecular weight excluding hydrogens is 226 g/mol. The van der Waals surface area contributed by atoms with Crippen molar-refractivity contribution in [1.82, 2.24) is 9.88 Å². The fraction of sp³-hybridized carbons (Fsp3) is 0.643. The van der Waals surface area contributed by atoms with Crippen molar-refractivity contribution >= 4 is 0 Å². The van der Waals surface area contributed by atoms with E-state index in [1.165, 1.54) is 0 Å². The quantitative estimate of drug-likeness (QED) is 0.800. The molecule has 2 N–H and O–H groups in total. The zero-order chi connectivity index (χ0) is 13.6. The number of nitrogens with zero attached hydrogens (tertiary/aromatic N) is 2. The van der Waals surface area contributed by atoms with Gasteiger partial charge < -0.3 is 10.5 Å². The summed E-state index contributed by atoms with van der Waals surface area (Å²) in [5.41, 5.74) is 6.85. The van der Waals surface area contributed by atoms with Gasteiger partial charge in [0.25, 0.3) is 0 Å². The minimum Gasteiger partial charge on any atom is -0.380 e. The number of aromatic nitrogens is 1. The number of hydrogen-bond acceptors (Lipinski definition) is 4. The highest BCUT2D eigenvalue weighted by Gasteiger charge is 2.35. The van der Waals surface area contributed by atoms with Crippen LogP contribution in [-0.2, 0) is 11.3 Å². The van der Waals surface area contributed by atoms with Gasteiger partial charge in [0, 0.05) is 26.4 Å². The topological polar surface area (TPSA) is 51.4 Å². The van der Waals surface area contributed by atoms with E-state index in [1.807, 2.05) is 24.4 Å². The molecule has 0 aliphatic rings. The van der Waals surface area contributed by atoms with Crippen LogP contribution in [0.4, 0.5) is 0 Å². The lowest BCUT2D eigenvalue weighted by atomic mass is 9.93. The Bertz CT molecular complexity index is 344. The third kappa shape index (κ3) is 3.28. The molecule has 0 saturated carbocycles. The Morgan fingerprint density at radius 3 is 2.67 bits per heavy atom. The van der Waals surface area contributed by atoms with E-state index in [9.17, 15) is 0 Å². The maximum Gasteiger partial charge on any atom is 0.0736 e. The molecular formula is C14H25N3O. The zero-order valence-corrected chi connectivity index (χ0v) is 11.9. The normalized spacial score (nSPS) is 16.6. The fourth-order valence-electron chi connectivity index (χ4n) is 2.15. The molecule has 4 heteroatoms. The first-order valence-corrected chi connectivity index (χ1v) is 6.46. The fourth-order valence-corrected chi connectivity index (χ4v) is 2.15. The van der Waals surface area contributed by atoms with Gasteiger partial charge in [0.15, 0.2) is 0 Å². The van der Waals surface area contributed by atoms with Crippen LogP contribution in [0.5, 0.6) is 0 Å². The van der Waals surface area contributed by atoms with E-state index in [0.717, 1.165) is 18.8 Å². The van der Waals surface area contributed by atoms with E-state index in [-0.39, 0.29) is 11.6 Å². The predicted octanol–water partition coefficient (Wildman–Crippen LogP) is 1.66. The van der Waals surface area contributed by atoms with E-state index in [0.29, 0.717) is 6.54 Å². The Kier molecular flexibility index (Phi) is 5.72. The van der Waals surface area contributed by atoms with Crippen LogP contribution in [0, 0.1) is 0 Å². The lowest BCUT2D eigenvalue weighted by Crippen LogP contribution is -2.58. The van der Waals surface area contributed by atoms with Gasteiger partial charge in [0.05, 0.1) is 17.3 Å².